The number of rotatable bonds is 6. The number of unbranched alkanes of at least 4 members (excludes halogenated alkanes) is 1. The zero-order chi connectivity index (χ0) is 22.2. The number of nitrogen functional groups attached to an aromatic ring is 1. The number of nitrogens with two attached hydrogens (primary N) is 1. The molecule has 0 saturated carbocycles. The summed E-state index contributed by atoms with van der Waals surface area (Å²) in [5.74, 6) is 0.623. The first-order chi connectivity index (χ1) is 14.2. The van der Waals surface area contributed by atoms with E-state index in [1.807, 2.05) is 44.2 Å². The minimum atomic E-state index is -3.26. The first-order valence-electron chi connectivity index (χ1n) is 10.6. The van der Waals surface area contributed by atoms with Crippen molar-refractivity contribution in [3.05, 3.63) is 58.9 Å². The Bertz CT molecular complexity index is 903. The van der Waals surface area contributed by atoms with Crippen LogP contribution >= 0.6 is 0 Å². The molecular formula is C24H35NO4S. The van der Waals surface area contributed by atoms with Crippen LogP contribution in [0.4, 0.5) is 5.69 Å². The minimum absolute atomic E-state index is 0.385. The number of anilines is 1. The van der Waals surface area contributed by atoms with E-state index < -0.39 is 9.84 Å². The molecule has 0 fully saturated rings. The molecule has 0 spiro atoms. The Hall–Kier alpha value is -2.21. The third-order valence-corrected chi connectivity index (χ3v) is 6.33. The third kappa shape index (κ3) is 6.66. The van der Waals surface area contributed by atoms with E-state index in [0.717, 1.165) is 30.6 Å². The predicted molar refractivity (Wildman–Crippen MR) is 124 cm³/mol. The van der Waals surface area contributed by atoms with E-state index in [0.29, 0.717) is 29.4 Å². The second-order valence-electron chi connectivity index (χ2n) is 8.36. The van der Waals surface area contributed by atoms with Crippen molar-refractivity contribution < 1.29 is 17.9 Å². The van der Waals surface area contributed by atoms with E-state index in [4.69, 9.17) is 15.2 Å². The van der Waals surface area contributed by atoms with Crippen LogP contribution in [0.3, 0.4) is 0 Å². The van der Waals surface area contributed by atoms with Gasteiger partial charge in [-0.1, -0.05) is 45.4 Å². The fraction of sp³-hybridized carbons (Fsp3) is 0.500. The zero-order valence-corrected chi connectivity index (χ0v) is 19.4. The summed E-state index contributed by atoms with van der Waals surface area (Å²) in [6, 6.07) is 7.66. The first kappa shape index (κ1) is 24.1. The number of hydrogen-bond donors (Lipinski definition) is 1. The van der Waals surface area contributed by atoms with E-state index in [1.165, 1.54) is 19.1 Å². The molecule has 6 heteroatoms. The minimum Gasteiger partial charge on any atom is -0.502 e. The normalized spacial score (nSPS) is 18.1. The van der Waals surface area contributed by atoms with Crippen LogP contribution in [0.2, 0.25) is 0 Å². The second-order valence-corrected chi connectivity index (χ2v) is 10.4. The summed E-state index contributed by atoms with van der Waals surface area (Å²) in [6.45, 7) is 7.64. The lowest BCUT2D eigenvalue weighted by molar-refractivity contribution is 0.214. The molecule has 0 bridgehead atoms. The fourth-order valence-corrected chi connectivity index (χ4v) is 4.46. The number of sulfone groups is 1. The van der Waals surface area contributed by atoms with E-state index in [1.54, 1.807) is 12.3 Å². The summed E-state index contributed by atoms with van der Waals surface area (Å²) < 4.78 is 35.1. The average Bonchev–Trinajstić information content (AvgIpc) is 2.69. The molecule has 0 aromatic heterocycles. The lowest BCUT2D eigenvalue weighted by Crippen LogP contribution is -2.24. The van der Waals surface area contributed by atoms with Gasteiger partial charge in [-0.15, -0.1) is 0 Å². The Morgan fingerprint density at radius 1 is 1.23 bits per heavy atom. The summed E-state index contributed by atoms with van der Waals surface area (Å²) in [5.41, 5.74) is 8.36. The molecule has 0 amide bonds. The first-order valence-corrected chi connectivity index (χ1v) is 12.5. The third-order valence-electron chi connectivity index (χ3n) is 5.12. The highest BCUT2D eigenvalue weighted by molar-refractivity contribution is 7.94. The summed E-state index contributed by atoms with van der Waals surface area (Å²) in [7, 11) is -3.26. The maximum atomic E-state index is 12.1. The van der Waals surface area contributed by atoms with Gasteiger partial charge in [0.15, 0.2) is 9.84 Å². The van der Waals surface area contributed by atoms with Gasteiger partial charge >= 0.3 is 0 Å². The quantitative estimate of drug-likeness (QED) is 0.476. The molecule has 5 nitrogen and oxygen atoms in total. The van der Waals surface area contributed by atoms with Crippen LogP contribution in [0.25, 0.3) is 5.57 Å². The standard InChI is InChI=1S/C19H27NO3S.C5H8O/c1-5-6-11-23-17-12-14(24(4,21)22)13-19(2,3)18(17)15-9-7-8-10-16(15)20;1-2-4-6-5-3-1/h7-10,12H,5-6,11,13,20H2,1-4H3;2,4H,1,3,5H2. The van der Waals surface area contributed by atoms with Gasteiger partial charge < -0.3 is 15.2 Å². The van der Waals surface area contributed by atoms with Crippen LogP contribution in [0.1, 0.15) is 58.4 Å². The van der Waals surface area contributed by atoms with E-state index in [-0.39, 0.29) is 5.41 Å². The molecule has 1 aromatic rings. The Labute approximate surface area is 181 Å². The second kappa shape index (κ2) is 10.7. The van der Waals surface area contributed by atoms with Crippen molar-refractivity contribution in [3.63, 3.8) is 0 Å². The van der Waals surface area contributed by atoms with E-state index in [2.05, 4.69) is 6.92 Å². The lowest BCUT2D eigenvalue weighted by atomic mass is 9.74. The molecule has 3 rings (SSSR count). The van der Waals surface area contributed by atoms with Crippen molar-refractivity contribution in [2.24, 2.45) is 5.41 Å². The number of para-hydroxylation sites is 1. The van der Waals surface area contributed by atoms with Gasteiger partial charge in [-0.05, 0) is 49.3 Å². The van der Waals surface area contributed by atoms with Gasteiger partial charge in [-0.25, -0.2) is 8.42 Å². The van der Waals surface area contributed by atoms with Crippen molar-refractivity contribution in [2.45, 2.75) is 52.9 Å². The zero-order valence-electron chi connectivity index (χ0n) is 18.6. The van der Waals surface area contributed by atoms with Gasteiger partial charge in [0.2, 0.25) is 0 Å². The monoisotopic (exact) mass is 433 g/mol. The maximum absolute atomic E-state index is 12.1. The van der Waals surface area contributed by atoms with Crippen LogP contribution < -0.4 is 5.73 Å². The summed E-state index contributed by atoms with van der Waals surface area (Å²) >= 11 is 0. The van der Waals surface area contributed by atoms with Crippen LogP contribution in [-0.4, -0.2) is 27.9 Å². The summed E-state index contributed by atoms with van der Waals surface area (Å²) in [6.07, 6.45) is 11.5. The van der Waals surface area contributed by atoms with Crippen LogP contribution in [-0.2, 0) is 19.3 Å². The molecule has 0 saturated heterocycles. The smallest absolute Gasteiger partial charge is 0.171 e. The SMILES string of the molecule is C1=COCCC1.CCCCOC1=C(c2ccccc2N)C(C)(C)CC(S(C)(=O)=O)=C1. The predicted octanol–water partition coefficient (Wildman–Crippen LogP) is 5.47. The fourth-order valence-electron chi connectivity index (χ4n) is 3.52. The van der Waals surface area contributed by atoms with Gasteiger partial charge in [0.25, 0.3) is 0 Å². The number of hydrogen-bond acceptors (Lipinski definition) is 5. The van der Waals surface area contributed by atoms with E-state index in [9.17, 15) is 8.42 Å². The Morgan fingerprint density at radius 2 is 1.97 bits per heavy atom. The highest BCUT2D eigenvalue weighted by atomic mass is 32.2. The molecule has 1 aliphatic heterocycles. The van der Waals surface area contributed by atoms with E-state index >= 15 is 0 Å². The molecule has 2 aliphatic rings. The number of ether oxygens (including phenoxy) is 2. The molecule has 0 unspecified atom stereocenters. The Balaban J connectivity index is 0.000000456. The van der Waals surface area contributed by atoms with Crippen LogP contribution in [0.15, 0.2) is 53.3 Å². The molecule has 166 valence electrons. The topological polar surface area (TPSA) is 78.6 Å². The van der Waals surface area contributed by atoms with Gasteiger partial charge in [0.05, 0.1) is 19.5 Å². The summed E-state index contributed by atoms with van der Waals surface area (Å²) in [4.78, 5) is 0.414. The molecule has 2 N–H and O–H groups in total. The lowest BCUT2D eigenvalue weighted by Gasteiger charge is -2.35. The van der Waals surface area contributed by atoms with Gasteiger partial charge in [0, 0.05) is 28.0 Å². The Kier molecular flexibility index (Phi) is 8.59. The summed E-state index contributed by atoms with van der Waals surface area (Å²) in [5, 5.41) is 0. The molecular weight excluding hydrogens is 398 g/mol. The average molecular weight is 434 g/mol. The number of allylic oxidation sites excluding steroid dienone is 4. The molecule has 30 heavy (non-hydrogen) atoms. The van der Waals surface area contributed by atoms with Crippen molar-refractivity contribution in [1.82, 2.24) is 0 Å². The van der Waals surface area contributed by atoms with Crippen molar-refractivity contribution >= 4 is 21.1 Å². The maximum Gasteiger partial charge on any atom is 0.171 e. The highest BCUT2D eigenvalue weighted by Crippen LogP contribution is 2.48. The van der Waals surface area contributed by atoms with Gasteiger partial charge in [-0.3, -0.25) is 0 Å². The van der Waals surface area contributed by atoms with Crippen molar-refractivity contribution in [2.75, 3.05) is 25.2 Å². The van der Waals surface area contributed by atoms with Crippen molar-refractivity contribution in [1.29, 1.82) is 0 Å². The highest BCUT2D eigenvalue weighted by Gasteiger charge is 2.36. The van der Waals surface area contributed by atoms with Crippen LogP contribution in [0.5, 0.6) is 0 Å². The van der Waals surface area contributed by atoms with Gasteiger partial charge in [-0.2, -0.15) is 0 Å². The Morgan fingerprint density at radius 3 is 2.47 bits per heavy atom. The van der Waals surface area contributed by atoms with Gasteiger partial charge in [0.1, 0.15) is 5.76 Å². The molecule has 1 heterocycles. The number of benzene rings is 1. The largest absolute Gasteiger partial charge is 0.502 e. The molecule has 0 atom stereocenters. The molecule has 1 aromatic carbocycles. The molecule has 1 aliphatic carbocycles. The molecule has 0 radical (unpaired) electrons. The van der Waals surface area contributed by atoms with Crippen molar-refractivity contribution in [3.8, 4) is 0 Å². The van der Waals surface area contributed by atoms with Crippen LogP contribution in [0, 0.1) is 5.41 Å².